The largest absolute Gasteiger partial charge is 0.460 e. The average Bonchev–Trinajstić information content (AvgIpc) is 3.28. The summed E-state index contributed by atoms with van der Waals surface area (Å²) in [7, 11) is 0. The van der Waals surface area contributed by atoms with Crippen molar-refractivity contribution in [1.29, 1.82) is 0 Å². The van der Waals surface area contributed by atoms with Crippen LogP contribution in [0.15, 0.2) is 61.2 Å². The van der Waals surface area contributed by atoms with Gasteiger partial charge in [0.25, 0.3) is 0 Å². The van der Waals surface area contributed by atoms with Crippen molar-refractivity contribution in [3.8, 4) is 11.1 Å². The van der Waals surface area contributed by atoms with Gasteiger partial charge in [-0.25, -0.2) is 14.5 Å². The van der Waals surface area contributed by atoms with Crippen LogP contribution in [0.4, 0.5) is 4.79 Å². The summed E-state index contributed by atoms with van der Waals surface area (Å²) in [6.45, 7) is 3.61. The zero-order valence-electron chi connectivity index (χ0n) is 15.9. The highest BCUT2D eigenvalue weighted by Gasteiger charge is 2.42. The minimum Gasteiger partial charge on any atom is -0.460 e. The van der Waals surface area contributed by atoms with Gasteiger partial charge in [0.15, 0.2) is 0 Å². The minimum atomic E-state index is -0.946. The lowest BCUT2D eigenvalue weighted by Gasteiger charge is -2.22. The Morgan fingerprint density at radius 3 is 2.28 bits per heavy atom. The standard InChI is InChI=1S/C23H21NO5/c1-2-13-28-22(26)20-11-12-21(25)24(20)23(27)29-14-19-17-9-5-3-7-15(17)16-8-4-6-10-18(16)19/h2-10,19-20H,1,11-14H2/t20-/m0/s1. The molecule has 29 heavy (non-hydrogen) atoms. The molecule has 0 radical (unpaired) electrons. The monoisotopic (exact) mass is 391 g/mol. The first kappa shape index (κ1) is 18.9. The first-order valence-corrected chi connectivity index (χ1v) is 9.56. The lowest BCUT2D eigenvalue weighted by atomic mass is 9.98. The first-order valence-electron chi connectivity index (χ1n) is 9.56. The molecule has 4 rings (SSSR count). The van der Waals surface area contributed by atoms with E-state index in [4.69, 9.17) is 9.47 Å². The number of imide groups is 1. The van der Waals surface area contributed by atoms with Crippen molar-refractivity contribution in [1.82, 2.24) is 4.90 Å². The fourth-order valence-electron chi connectivity index (χ4n) is 4.04. The van der Waals surface area contributed by atoms with Gasteiger partial charge >= 0.3 is 12.1 Å². The Labute approximate surface area is 168 Å². The van der Waals surface area contributed by atoms with Crippen molar-refractivity contribution in [2.45, 2.75) is 24.8 Å². The second-order valence-corrected chi connectivity index (χ2v) is 7.04. The van der Waals surface area contributed by atoms with Gasteiger partial charge in [0.2, 0.25) is 5.91 Å². The number of fused-ring (bicyclic) bond motifs is 3. The van der Waals surface area contributed by atoms with Crippen molar-refractivity contribution in [2.24, 2.45) is 0 Å². The molecule has 6 heteroatoms. The van der Waals surface area contributed by atoms with Gasteiger partial charge in [-0.3, -0.25) is 4.79 Å². The van der Waals surface area contributed by atoms with Crippen LogP contribution in [0.5, 0.6) is 0 Å². The molecule has 0 saturated carbocycles. The van der Waals surface area contributed by atoms with Crippen LogP contribution in [-0.2, 0) is 19.1 Å². The van der Waals surface area contributed by atoms with Gasteiger partial charge in [-0.2, -0.15) is 0 Å². The second-order valence-electron chi connectivity index (χ2n) is 7.04. The summed E-state index contributed by atoms with van der Waals surface area (Å²) in [6, 6.07) is 15.0. The summed E-state index contributed by atoms with van der Waals surface area (Å²) >= 11 is 0. The predicted octanol–water partition coefficient (Wildman–Crippen LogP) is 3.66. The molecule has 1 atom stereocenters. The fourth-order valence-corrected chi connectivity index (χ4v) is 4.04. The Bertz CT molecular complexity index is 937. The molecule has 1 aliphatic carbocycles. The topological polar surface area (TPSA) is 72.9 Å². The van der Waals surface area contributed by atoms with Crippen LogP contribution in [0, 0.1) is 0 Å². The number of hydrogen-bond donors (Lipinski definition) is 0. The molecule has 0 unspecified atom stereocenters. The maximum absolute atomic E-state index is 12.7. The van der Waals surface area contributed by atoms with Crippen LogP contribution in [0.3, 0.4) is 0 Å². The van der Waals surface area contributed by atoms with E-state index in [0.717, 1.165) is 27.2 Å². The number of likely N-dealkylation sites (tertiary alicyclic amines) is 1. The third-order valence-corrected chi connectivity index (χ3v) is 5.36. The van der Waals surface area contributed by atoms with Crippen molar-refractivity contribution < 1.29 is 23.9 Å². The van der Waals surface area contributed by atoms with Gasteiger partial charge in [0.1, 0.15) is 19.3 Å². The predicted molar refractivity (Wildman–Crippen MR) is 106 cm³/mol. The summed E-state index contributed by atoms with van der Waals surface area (Å²) in [5, 5.41) is 0. The summed E-state index contributed by atoms with van der Waals surface area (Å²) < 4.78 is 10.5. The highest BCUT2D eigenvalue weighted by molar-refractivity contribution is 5.99. The number of rotatable bonds is 5. The molecule has 1 aliphatic heterocycles. The zero-order chi connectivity index (χ0) is 20.4. The Morgan fingerprint density at radius 2 is 1.66 bits per heavy atom. The molecule has 148 valence electrons. The molecule has 2 aliphatic rings. The van der Waals surface area contributed by atoms with Crippen LogP contribution in [-0.4, -0.2) is 42.1 Å². The third-order valence-electron chi connectivity index (χ3n) is 5.36. The summed E-state index contributed by atoms with van der Waals surface area (Å²) in [4.78, 5) is 37.9. The molecule has 6 nitrogen and oxygen atoms in total. The molecule has 0 N–H and O–H groups in total. The normalized spacial score (nSPS) is 17.6. The Morgan fingerprint density at radius 1 is 1.03 bits per heavy atom. The van der Waals surface area contributed by atoms with Crippen LogP contribution in [0.25, 0.3) is 11.1 Å². The molecule has 1 heterocycles. The molecule has 1 saturated heterocycles. The van der Waals surface area contributed by atoms with Gasteiger partial charge in [-0.1, -0.05) is 61.2 Å². The van der Waals surface area contributed by atoms with E-state index in [1.807, 2.05) is 48.5 Å². The average molecular weight is 391 g/mol. The fraction of sp³-hybridized carbons (Fsp3) is 0.261. The maximum atomic E-state index is 12.7. The highest BCUT2D eigenvalue weighted by atomic mass is 16.6. The van der Waals surface area contributed by atoms with E-state index >= 15 is 0 Å². The van der Waals surface area contributed by atoms with Gasteiger partial charge < -0.3 is 9.47 Å². The van der Waals surface area contributed by atoms with E-state index in [1.165, 1.54) is 6.08 Å². The first-order chi connectivity index (χ1) is 14.1. The van der Waals surface area contributed by atoms with Crippen LogP contribution >= 0.6 is 0 Å². The number of carbonyl (C=O) groups is 3. The molecule has 0 bridgehead atoms. The van der Waals surface area contributed by atoms with Crippen molar-refractivity contribution in [2.75, 3.05) is 13.2 Å². The number of esters is 1. The number of carbonyl (C=O) groups excluding carboxylic acids is 3. The van der Waals surface area contributed by atoms with E-state index in [0.29, 0.717) is 0 Å². The molecule has 0 aromatic heterocycles. The number of benzene rings is 2. The smallest absolute Gasteiger partial charge is 0.417 e. The van der Waals surface area contributed by atoms with Gasteiger partial charge in [-0.05, 0) is 28.7 Å². The number of amides is 2. The summed E-state index contributed by atoms with van der Waals surface area (Å²) in [5.41, 5.74) is 4.40. The van der Waals surface area contributed by atoms with Crippen LogP contribution in [0.1, 0.15) is 29.9 Å². The molecule has 2 amide bonds. The maximum Gasteiger partial charge on any atom is 0.417 e. The molecular weight excluding hydrogens is 370 g/mol. The molecule has 1 fully saturated rings. The van der Waals surface area contributed by atoms with Gasteiger partial charge in [-0.15, -0.1) is 0 Å². The van der Waals surface area contributed by atoms with E-state index in [-0.39, 0.29) is 32.0 Å². The lowest BCUT2D eigenvalue weighted by Crippen LogP contribution is -2.44. The number of ether oxygens (including phenoxy) is 2. The molecular formula is C23H21NO5. The van der Waals surface area contributed by atoms with Crippen molar-refractivity contribution in [3.63, 3.8) is 0 Å². The Hall–Kier alpha value is -3.41. The van der Waals surface area contributed by atoms with Crippen LogP contribution in [0.2, 0.25) is 0 Å². The van der Waals surface area contributed by atoms with E-state index in [1.54, 1.807) is 0 Å². The Kier molecular flexibility index (Phi) is 5.16. The van der Waals surface area contributed by atoms with Crippen LogP contribution < -0.4 is 0 Å². The summed E-state index contributed by atoms with van der Waals surface area (Å²) in [6.07, 6.45) is 0.971. The third kappa shape index (κ3) is 3.42. The minimum absolute atomic E-state index is 0.0298. The second kappa shape index (κ2) is 7.91. The number of nitrogens with zero attached hydrogens (tertiary/aromatic N) is 1. The van der Waals surface area contributed by atoms with E-state index < -0.39 is 24.0 Å². The zero-order valence-corrected chi connectivity index (χ0v) is 15.9. The molecule has 0 spiro atoms. The quantitative estimate of drug-likeness (QED) is 0.575. The van der Waals surface area contributed by atoms with Gasteiger partial charge in [0.05, 0.1) is 0 Å². The molecule has 2 aromatic rings. The van der Waals surface area contributed by atoms with Gasteiger partial charge in [0, 0.05) is 12.3 Å². The SMILES string of the molecule is C=CCOC(=O)[C@@H]1CCC(=O)N1C(=O)OCC1c2ccccc2-c2ccccc21. The summed E-state index contributed by atoms with van der Waals surface area (Å²) in [5.74, 6) is -1.16. The molecule has 2 aromatic carbocycles. The van der Waals surface area contributed by atoms with E-state index in [2.05, 4.69) is 6.58 Å². The van der Waals surface area contributed by atoms with Crippen molar-refractivity contribution >= 4 is 18.0 Å². The van der Waals surface area contributed by atoms with Crippen molar-refractivity contribution in [3.05, 3.63) is 72.3 Å². The Balaban J connectivity index is 1.50. The number of hydrogen-bond acceptors (Lipinski definition) is 5. The lowest BCUT2D eigenvalue weighted by molar-refractivity contribution is -0.149. The highest BCUT2D eigenvalue weighted by Crippen LogP contribution is 2.44. The van der Waals surface area contributed by atoms with E-state index in [9.17, 15) is 14.4 Å².